The molecule has 23 heavy (non-hydrogen) atoms. The highest BCUT2D eigenvalue weighted by atomic mass is 19.4. The van der Waals surface area contributed by atoms with E-state index in [-0.39, 0.29) is 18.2 Å². The molecule has 0 aromatic heterocycles. The van der Waals surface area contributed by atoms with Crippen molar-refractivity contribution in [3.63, 3.8) is 0 Å². The number of carbonyl (C=O) groups excluding carboxylic acids is 1. The van der Waals surface area contributed by atoms with Crippen LogP contribution in [0.2, 0.25) is 0 Å². The molecule has 0 saturated carbocycles. The molecule has 0 unspecified atom stereocenters. The number of likely N-dealkylation sites (tertiary alicyclic amines) is 1. The molecule has 0 spiro atoms. The zero-order chi connectivity index (χ0) is 17.4. The molecule has 1 heterocycles. The molecule has 1 aromatic carbocycles. The maximum atomic E-state index is 13.5. The van der Waals surface area contributed by atoms with Crippen LogP contribution in [0.4, 0.5) is 17.6 Å². The first kappa shape index (κ1) is 17.7. The number of alkyl halides is 3. The number of amides is 1. The van der Waals surface area contributed by atoms with Crippen LogP contribution in [0.25, 0.3) is 0 Å². The van der Waals surface area contributed by atoms with Gasteiger partial charge in [-0.15, -0.1) is 0 Å². The average Bonchev–Trinajstić information content (AvgIpc) is 2.76. The first-order valence-electron chi connectivity index (χ1n) is 7.09. The molecule has 1 fully saturated rings. The third-order valence-electron chi connectivity index (χ3n) is 3.70. The lowest BCUT2D eigenvalue weighted by molar-refractivity contribution is -0.137. The summed E-state index contributed by atoms with van der Waals surface area (Å²) in [5, 5.41) is 9.75. The average molecular weight is 334 g/mol. The van der Waals surface area contributed by atoms with Crippen molar-refractivity contribution < 1.29 is 27.5 Å². The van der Waals surface area contributed by atoms with Gasteiger partial charge in [0.2, 0.25) is 0 Å². The predicted octanol–water partition coefficient (Wildman–Crippen LogP) is 1.98. The third-order valence-corrected chi connectivity index (χ3v) is 3.70. The van der Waals surface area contributed by atoms with E-state index in [1.807, 2.05) is 4.90 Å². The highest BCUT2D eigenvalue weighted by Gasteiger charge is 2.37. The third kappa shape index (κ3) is 4.20. The summed E-state index contributed by atoms with van der Waals surface area (Å²) in [6.45, 7) is 0.486. The molecule has 1 aliphatic heterocycles. The van der Waals surface area contributed by atoms with Crippen LogP contribution >= 0.6 is 0 Å². The first-order chi connectivity index (χ1) is 10.6. The van der Waals surface area contributed by atoms with Crippen LogP contribution in [0.1, 0.15) is 22.3 Å². The van der Waals surface area contributed by atoms with E-state index in [1.54, 1.807) is 14.1 Å². The minimum Gasteiger partial charge on any atom is -0.391 e. The highest BCUT2D eigenvalue weighted by Crippen LogP contribution is 2.31. The van der Waals surface area contributed by atoms with E-state index in [4.69, 9.17) is 0 Å². The molecular weight excluding hydrogens is 316 g/mol. The molecule has 0 bridgehead atoms. The minimum atomic E-state index is -4.73. The van der Waals surface area contributed by atoms with Crippen LogP contribution in [0.5, 0.6) is 0 Å². The van der Waals surface area contributed by atoms with E-state index in [1.165, 1.54) is 4.90 Å². The Balaban J connectivity index is 2.30. The van der Waals surface area contributed by atoms with E-state index in [9.17, 15) is 27.5 Å². The molecule has 128 valence electrons. The Morgan fingerprint density at radius 2 is 2.00 bits per heavy atom. The van der Waals surface area contributed by atoms with E-state index in [0.29, 0.717) is 25.1 Å². The fourth-order valence-corrected chi connectivity index (χ4v) is 2.78. The predicted molar refractivity (Wildman–Crippen MR) is 75.4 cm³/mol. The van der Waals surface area contributed by atoms with Crippen molar-refractivity contribution in [1.29, 1.82) is 0 Å². The normalized spacial score (nSPS) is 22.0. The Labute approximate surface area is 131 Å². The van der Waals surface area contributed by atoms with Gasteiger partial charge in [0.1, 0.15) is 5.82 Å². The van der Waals surface area contributed by atoms with Gasteiger partial charge >= 0.3 is 6.18 Å². The fraction of sp³-hybridized carbons (Fsp3) is 0.533. The van der Waals surface area contributed by atoms with Gasteiger partial charge in [0, 0.05) is 24.7 Å². The van der Waals surface area contributed by atoms with E-state index in [0.717, 1.165) is 6.07 Å². The van der Waals surface area contributed by atoms with Crippen LogP contribution in [-0.4, -0.2) is 60.1 Å². The zero-order valence-corrected chi connectivity index (χ0v) is 12.8. The standard InChI is InChI=1S/C15H18F4N2O2/c1-20(2)7-12-6-13(22)8-21(12)14(23)9-3-10(15(17,18)19)5-11(16)4-9/h3-5,12-13,22H,6-8H2,1-2H3/t12-,13-/m1/s1. The Morgan fingerprint density at radius 3 is 2.57 bits per heavy atom. The summed E-state index contributed by atoms with van der Waals surface area (Å²) in [5.41, 5.74) is -1.57. The number of aliphatic hydroxyl groups excluding tert-OH is 1. The number of hydrogen-bond acceptors (Lipinski definition) is 3. The summed E-state index contributed by atoms with van der Waals surface area (Å²) in [6.07, 6.45) is -5.13. The summed E-state index contributed by atoms with van der Waals surface area (Å²) in [5.74, 6) is -1.83. The largest absolute Gasteiger partial charge is 0.416 e. The van der Waals surface area contributed by atoms with Gasteiger partial charge in [-0.3, -0.25) is 4.79 Å². The van der Waals surface area contributed by atoms with Gasteiger partial charge in [-0.05, 0) is 38.7 Å². The smallest absolute Gasteiger partial charge is 0.391 e. The lowest BCUT2D eigenvalue weighted by atomic mass is 10.1. The molecule has 1 N–H and O–H groups in total. The van der Waals surface area contributed by atoms with Gasteiger partial charge in [0.05, 0.1) is 11.7 Å². The van der Waals surface area contributed by atoms with Gasteiger partial charge in [-0.2, -0.15) is 13.2 Å². The van der Waals surface area contributed by atoms with Gasteiger partial charge in [0.15, 0.2) is 0 Å². The first-order valence-corrected chi connectivity index (χ1v) is 7.09. The number of rotatable bonds is 3. The zero-order valence-electron chi connectivity index (χ0n) is 12.8. The number of carbonyl (C=O) groups is 1. The minimum absolute atomic E-state index is 0.0230. The van der Waals surface area contributed by atoms with Gasteiger partial charge < -0.3 is 14.9 Å². The van der Waals surface area contributed by atoms with Crippen molar-refractivity contribution in [2.45, 2.75) is 24.7 Å². The second kappa shape index (κ2) is 6.45. The van der Waals surface area contributed by atoms with Gasteiger partial charge in [-0.1, -0.05) is 0 Å². The molecule has 1 aromatic rings. The lowest BCUT2D eigenvalue weighted by Gasteiger charge is -2.27. The van der Waals surface area contributed by atoms with E-state index >= 15 is 0 Å². The quantitative estimate of drug-likeness (QED) is 0.860. The van der Waals surface area contributed by atoms with Crippen molar-refractivity contribution in [2.24, 2.45) is 0 Å². The Kier molecular flexibility index (Phi) is 4.95. The number of hydrogen-bond donors (Lipinski definition) is 1. The molecule has 0 aliphatic carbocycles. The topological polar surface area (TPSA) is 43.8 Å². The summed E-state index contributed by atoms with van der Waals surface area (Å²) in [7, 11) is 3.58. The molecule has 0 radical (unpaired) electrons. The number of nitrogens with zero attached hydrogens (tertiary/aromatic N) is 2. The Hall–Kier alpha value is -1.67. The second-order valence-electron chi connectivity index (χ2n) is 5.99. The Morgan fingerprint density at radius 1 is 1.35 bits per heavy atom. The van der Waals surface area contributed by atoms with Gasteiger partial charge in [0.25, 0.3) is 5.91 Å². The summed E-state index contributed by atoms with van der Waals surface area (Å²) >= 11 is 0. The van der Waals surface area contributed by atoms with Crippen molar-refractivity contribution in [2.75, 3.05) is 27.2 Å². The lowest BCUT2D eigenvalue weighted by Crippen LogP contribution is -2.41. The number of halogens is 4. The fourth-order valence-electron chi connectivity index (χ4n) is 2.78. The van der Waals surface area contributed by atoms with Crippen molar-refractivity contribution >= 4 is 5.91 Å². The monoisotopic (exact) mass is 334 g/mol. The van der Waals surface area contributed by atoms with Crippen LogP contribution in [0.15, 0.2) is 18.2 Å². The van der Waals surface area contributed by atoms with Crippen LogP contribution in [-0.2, 0) is 6.18 Å². The van der Waals surface area contributed by atoms with Crippen molar-refractivity contribution in [1.82, 2.24) is 9.80 Å². The summed E-state index contributed by atoms with van der Waals surface area (Å²) < 4.78 is 51.7. The Bertz CT molecular complexity index is 589. The van der Waals surface area contributed by atoms with Crippen molar-refractivity contribution in [3.05, 3.63) is 35.1 Å². The van der Waals surface area contributed by atoms with Gasteiger partial charge in [-0.25, -0.2) is 4.39 Å². The summed E-state index contributed by atoms with van der Waals surface area (Å²) in [4.78, 5) is 15.6. The molecule has 1 saturated heterocycles. The van der Waals surface area contributed by atoms with E-state index < -0.39 is 29.6 Å². The SMILES string of the molecule is CN(C)C[C@H]1C[C@@H](O)CN1C(=O)c1cc(F)cc(C(F)(F)F)c1. The van der Waals surface area contributed by atoms with Crippen LogP contribution in [0, 0.1) is 5.82 Å². The molecule has 8 heteroatoms. The van der Waals surface area contributed by atoms with Crippen LogP contribution in [0.3, 0.4) is 0 Å². The number of benzene rings is 1. The summed E-state index contributed by atoms with van der Waals surface area (Å²) in [6, 6.07) is 1.45. The maximum absolute atomic E-state index is 13.5. The second-order valence-corrected chi connectivity index (χ2v) is 5.99. The van der Waals surface area contributed by atoms with Crippen molar-refractivity contribution in [3.8, 4) is 0 Å². The molecule has 4 nitrogen and oxygen atoms in total. The van der Waals surface area contributed by atoms with Crippen LogP contribution < -0.4 is 0 Å². The van der Waals surface area contributed by atoms with E-state index in [2.05, 4.69) is 0 Å². The number of β-amino-alcohol motifs (C(OH)–C–C–N with tert-alkyl or cyclic N) is 1. The molecular formula is C15H18F4N2O2. The number of aliphatic hydroxyl groups is 1. The highest BCUT2D eigenvalue weighted by molar-refractivity contribution is 5.95. The molecule has 1 amide bonds. The molecule has 2 atom stereocenters. The maximum Gasteiger partial charge on any atom is 0.416 e. The molecule has 1 aliphatic rings. The molecule has 2 rings (SSSR count). The number of likely N-dealkylation sites (N-methyl/N-ethyl adjacent to an activating group) is 1.